The minimum atomic E-state index is -3.82. The zero-order valence-electron chi connectivity index (χ0n) is 10.9. The second-order valence-electron chi connectivity index (χ2n) is 4.27. The Hall–Kier alpha value is -2.35. The molecule has 2 N–H and O–H groups in total. The Bertz CT molecular complexity index is 765. The summed E-state index contributed by atoms with van der Waals surface area (Å²) in [6.07, 6.45) is 1.51. The van der Waals surface area contributed by atoms with Crippen LogP contribution in [0.4, 0.5) is 5.69 Å². The number of hydrogen-bond acceptors (Lipinski definition) is 4. The summed E-state index contributed by atoms with van der Waals surface area (Å²) in [6, 6.07) is 5.68. The summed E-state index contributed by atoms with van der Waals surface area (Å²) in [5.41, 5.74) is 0.781. The largest absolute Gasteiger partial charge is 0.478 e. The van der Waals surface area contributed by atoms with Crippen LogP contribution in [-0.2, 0) is 17.1 Å². The lowest BCUT2D eigenvalue weighted by atomic mass is 10.1. The Labute approximate surface area is 115 Å². The van der Waals surface area contributed by atoms with Crippen molar-refractivity contribution in [2.24, 2.45) is 7.05 Å². The molecule has 0 bridgehead atoms. The first-order valence-electron chi connectivity index (χ1n) is 5.66. The zero-order valence-corrected chi connectivity index (χ0v) is 11.7. The quantitative estimate of drug-likeness (QED) is 0.883. The smallest absolute Gasteiger partial charge is 0.336 e. The predicted molar refractivity (Wildman–Crippen MR) is 72.2 cm³/mol. The lowest BCUT2D eigenvalue weighted by Crippen LogP contribution is -2.14. The van der Waals surface area contributed by atoms with Gasteiger partial charge in [0.15, 0.2) is 5.03 Å². The van der Waals surface area contributed by atoms with Gasteiger partial charge in [-0.1, -0.05) is 6.07 Å². The highest BCUT2D eigenvalue weighted by Gasteiger charge is 2.18. The number of hydrogen-bond donors (Lipinski definition) is 2. The number of carboxylic acids is 1. The van der Waals surface area contributed by atoms with E-state index in [0.29, 0.717) is 5.56 Å². The molecule has 0 fully saturated rings. The number of anilines is 1. The van der Waals surface area contributed by atoms with E-state index in [1.54, 1.807) is 20.0 Å². The molecule has 1 aromatic carbocycles. The lowest BCUT2D eigenvalue weighted by molar-refractivity contribution is 0.0696. The summed E-state index contributed by atoms with van der Waals surface area (Å²) in [4.78, 5) is 11.0. The molecule has 0 spiro atoms. The molecule has 7 nitrogen and oxygen atoms in total. The first-order chi connectivity index (χ1) is 9.29. The topological polar surface area (TPSA) is 101 Å². The van der Waals surface area contributed by atoms with Gasteiger partial charge in [0.1, 0.15) is 0 Å². The minimum Gasteiger partial charge on any atom is -0.478 e. The van der Waals surface area contributed by atoms with Crippen molar-refractivity contribution in [2.45, 2.75) is 11.9 Å². The SMILES string of the molecule is Cc1ccc(NS(=O)(=O)c2ccn(C)n2)cc1C(=O)O. The van der Waals surface area contributed by atoms with E-state index in [9.17, 15) is 13.2 Å². The molecule has 0 saturated carbocycles. The number of carboxylic acid groups (broad SMARTS) is 1. The van der Waals surface area contributed by atoms with Crippen molar-refractivity contribution in [3.8, 4) is 0 Å². The molecular weight excluding hydrogens is 282 g/mol. The zero-order chi connectivity index (χ0) is 14.9. The average Bonchev–Trinajstić information content (AvgIpc) is 2.78. The first kappa shape index (κ1) is 14.1. The maximum Gasteiger partial charge on any atom is 0.336 e. The number of aromatic carboxylic acids is 1. The summed E-state index contributed by atoms with van der Waals surface area (Å²) in [5, 5.41) is 12.7. The normalized spacial score (nSPS) is 11.3. The minimum absolute atomic E-state index is 0.0474. The Morgan fingerprint density at radius 3 is 2.60 bits per heavy atom. The summed E-state index contributed by atoms with van der Waals surface area (Å²) in [7, 11) is -2.22. The van der Waals surface area contributed by atoms with Gasteiger partial charge in [0.05, 0.1) is 5.56 Å². The highest BCUT2D eigenvalue weighted by atomic mass is 32.2. The molecule has 0 aliphatic heterocycles. The highest BCUT2D eigenvalue weighted by molar-refractivity contribution is 7.92. The molecule has 0 aliphatic carbocycles. The fraction of sp³-hybridized carbons (Fsp3) is 0.167. The Balaban J connectivity index is 2.35. The standard InChI is InChI=1S/C12H13N3O4S/c1-8-3-4-9(7-10(8)12(16)17)14-20(18,19)11-5-6-15(2)13-11/h3-7,14H,1-2H3,(H,16,17). The van der Waals surface area contributed by atoms with Crippen LogP contribution in [0.2, 0.25) is 0 Å². The van der Waals surface area contributed by atoms with Gasteiger partial charge in [0.25, 0.3) is 10.0 Å². The van der Waals surface area contributed by atoms with Gasteiger partial charge < -0.3 is 5.11 Å². The van der Waals surface area contributed by atoms with Gasteiger partial charge in [-0.15, -0.1) is 0 Å². The number of aromatic nitrogens is 2. The van der Waals surface area contributed by atoms with Crippen molar-refractivity contribution in [2.75, 3.05) is 4.72 Å². The van der Waals surface area contributed by atoms with Gasteiger partial charge in [-0.2, -0.15) is 13.5 Å². The Morgan fingerprint density at radius 1 is 1.35 bits per heavy atom. The number of nitrogens with one attached hydrogen (secondary N) is 1. The fourth-order valence-electron chi connectivity index (χ4n) is 1.66. The van der Waals surface area contributed by atoms with Crippen molar-refractivity contribution in [1.29, 1.82) is 0 Å². The number of aryl methyl sites for hydroxylation is 2. The van der Waals surface area contributed by atoms with Crippen LogP contribution >= 0.6 is 0 Å². The molecule has 1 heterocycles. The van der Waals surface area contributed by atoms with E-state index in [-0.39, 0.29) is 16.3 Å². The lowest BCUT2D eigenvalue weighted by Gasteiger charge is -2.08. The van der Waals surface area contributed by atoms with Crippen molar-refractivity contribution >= 4 is 21.7 Å². The maximum absolute atomic E-state index is 12.0. The van der Waals surface area contributed by atoms with Crippen molar-refractivity contribution < 1.29 is 18.3 Å². The third kappa shape index (κ3) is 2.80. The molecule has 8 heteroatoms. The van der Waals surface area contributed by atoms with Gasteiger partial charge in [-0.25, -0.2) is 4.79 Å². The third-order valence-corrected chi connectivity index (χ3v) is 3.96. The number of sulfonamides is 1. The molecule has 20 heavy (non-hydrogen) atoms. The molecule has 1 aromatic heterocycles. The molecule has 0 unspecified atom stereocenters. The fourth-order valence-corrected chi connectivity index (χ4v) is 2.68. The second kappa shape index (κ2) is 4.97. The van der Waals surface area contributed by atoms with E-state index >= 15 is 0 Å². The van der Waals surface area contributed by atoms with Crippen LogP contribution in [-0.4, -0.2) is 29.3 Å². The predicted octanol–water partition coefficient (Wildman–Crippen LogP) is 1.23. The van der Waals surface area contributed by atoms with E-state index in [1.165, 1.54) is 29.1 Å². The summed E-state index contributed by atoms with van der Waals surface area (Å²) < 4.78 is 27.8. The van der Waals surface area contributed by atoms with Gasteiger partial charge in [0, 0.05) is 18.9 Å². The van der Waals surface area contributed by atoms with E-state index in [2.05, 4.69) is 9.82 Å². The van der Waals surface area contributed by atoms with E-state index in [4.69, 9.17) is 5.11 Å². The van der Waals surface area contributed by atoms with E-state index in [0.717, 1.165) is 0 Å². The average molecular weight is 295 g/mol. The van der Waals surface area contributed by atoms with E-state index in [1.807, 2.05) is 0 Å². The summed E-state index contributed by atoms with van der Waals surface area (Å²) >= 11 is 0. The van der Waals surface area contributed by atoms with Crippen LogP contribution in [0.15, 0.2) is 35.5 Å². The van der Waals surface area contributed by atoms with Crippen LogP contribution < -0.4 is 4.72 Å². The molecule has 0 aliphatic rings. The number of rotatable bonds is 4. The van der Waals surface area contributed by atoms with E-state index < -0.39 is 16.0 Å². The van der Waals surface area contributed by atoms with Gasteiger partial charge in [-0.05, 0) is 30.7 Å². The molecule has 0 amide bonds. The van der Waals surface area contributed by atoms with Crippen LogP contribution in [0.25, 0.3) is 0 Å². The molecular formula is C12H13N3O4S. The molecule has 0 radical (unpaired) electrons. The van der Waals surface area contributed by atoms with Crippen molar-refractivity contribution in [1.82, 2.24) is 9.78 Å². The molecule has 106 valence electrons. The molecule has 0 saturated heterocycles. The Kier molecular flexibility index (Phi) is 3.49. The maximum atomic E-state index is 12.0. The van der Waals surface area contributed by atoms with Gasteiger partial charge >= 0.3 is 5.97 Å². The number of benzene rings is 1. The Morgan fingerprint density at radius 2 is 2.05 bits per heavy atom. The third-order valence-electron chi connectivity index (χ3n) is 2.68. The molecule has 0 atom stereocenters. The van der Waals surface area contributed by atoms with Gasteiger partial charge in [-0.3, -0.25) is 9.40 Å². The van der Waals surface area contributed by atoms with Crippen molar-refractivity contribution in [3.05, 3.63) is 41.6 Å². The molecule has 2 rings (SSSR count). The summed E-state index contributed by atoms with van der Waals surface area (Å²) in [6.45, 7) is 1.64. The highest BCUT2D eigenvalue weighted by Crippen LogP contribution is 2.18. The van der Waals surface area contributed by atoms with Crippen LogP contribution in [0.1, 0.15) is 15.9 Å². The van der Waals surface area contributed by atoms with Gasteiger partial charge in [0.2, 0.25) is 0 Å². The van der Waals surface area contributed by atoms with Crippen LogP contribution in [0.3, 0.4) is 0 Å². The number of nitrogens with zero attached hydrogens (tertiary/aromatic N) is 2. The monoisotopic (exact) mass is 295 g/mol. The number of carbonyl (C=O) groups is 1. The van der Waals surface area contributed by atoms with Crippen LogP contribution in [0, 0.1) is 6.92 Å². The second-order valence-corrected chi connectivity index (χ2v) is 5.90. The van der Waals surface area contributed by atoms with Crippen molar-refractivity contribution in [3.63, 3.8) is 0 Å². The summed E-state index contributed by atoms with van der Waals surface area (Å²) in [5.74, 6) is -1.11. The molecule has 2 aromatic rings. The van der Waals surface area contributed by atoms with Crippen LogP contribution in [0.5, 0.6) is 0 Å². The first-order valence-corrected chi connectivity index (χ1v) is 7.14.